The van der Waals surface area contributed by atoms with Crippen LogP contribution in [0.1, 0.15) is 37.6 Å². The third-order valence-corrected chi connectivity index (χ3v) is 4.30. The highest BCUT2D eigenvalue weighted by Gasteiger charge is 2.21. The van der Waals surface area contributed by atoms with E-state index in [9.17, 15) is 4.79 Å². The number of benzene rings is 1. The Kier molecular flexibility index (Phi) is 5.21. The summed E-state index contributed by atoms with van der Waals surface area (Å²) in [5.41, 5.74) is 1.98. The summed E-state index contributed by atoms with van der Waals surface area (Å²) in [7, 11) is 0. The van der Waals surface area contributed by atoms with Crippen LogP contribution in [0.15, 0.2) is 24.4 Å². The first-order valence-electron chi connectivity index (χ1n) is 7.18. The topological polar surface area (TPSA) is 34.0 Å². The lowest BCUT2D eigenvalue weighted by molar-refractivity contribution is 0.0943. The first-order chi connectivity index (χ1) is 9.62. The highest BCUT2D eigenvalue weighted by molar-refractivity contribution is 14.1. The van der Waals surface area contributed by atoms with Gasteiger partial charge in [0.05, 0.1) is 6.04 Å². The van der Waals surface area contributed by atoms with Crippen molar-refractivity contribution in [1.82, 2.24) is 9.88 Å². The van der Waals surface area contributed by atoms with Crippen LogP contribution < -0.4 is 5.32 Å². The van der Waals surface area contributed by atoms with Crippen LogP contribution in [0.4, 0.5) is 0 Å². The minimum absolute atomic E-state index is 0.0891. The predicted molar refractivity (Wildman–Crippen MR) is 92.4 cm³/mol. The van der Waals surface area contributed by atoms with E-state index < -0.39 is 0 Å². The van der Waals surface area contributed by atoms with Crippen molar-refractivity contribution in [2.75, 3.05) is 6.54 Å². The zero-order chi connectivity index (χ0) is 14.7. The fourth-order valence-corrected chi connectivity index (χ4v) is 3.08. The lowest BCUT2D eigenvalue weighted by Crippen LogP contribution is -2.35. The number of nitrogens with one attached hydrogen (secondary N) is 1. The van der Waals surface area contributed by atoms with Crippen LogP contribution >= 0.6 is 22.6 Å². The van der Waals surface area contributed by atoms with Gasteiger partial charge < -0.3 is 9.88 Å². The van der Waals surface area contributed by atoms with E-state index in [1.54, 1.807) is 0 Å². The molecule has 1 aromatic carbocycles. The number of fused-ring (bicyclic) bond motifs is 1. The molecule has 1 heterocycles. The van der Waals surface area contributed by atoms with Gasteiger partial charge in [-0.2, -0.15) is 0 Å². The summed E-state index contributed by atoms with van der Waals surface area (Å²) in [6.45, 7) is 7.88. The van der Waals surface area contributed by atoms with E-state index >= 15 is 0 Å². The molecule has 108 valence electrons. The summed E-state index contributed by atoms with van der Waals surface area (Å²) in [6, 6.07) is 6.21. The summed E-state index contributed by atoms with van der Waals surface area (Å²) in [4.78, 5) is 12.7. The Hall–Kier alpha value is -0.880. The van der Waals surface area contributed by atoms with Crippen LogP contribution in [-0.4, -0.2) is 22.9 Å². The molecule has 0 aliphatic carbocycles. The molecule has 2 aromatic rings. The van der Waals surface area contributed by atoms with E-state index in [2.05, 4.69) is 57.6 Å². The second-order valence-electron chi connectivity index (χ2n) is 4.87. The molecule has 0 amide bonds. The van der Waals surface area contributed by atoms with E-state index in [1.165, 1.54) is 0 Å². The molecule has 20 heavy (non-hydrogen) atoms. The van der Waals surface area contributed by atoms with E-state index in [4.69, 9.17) is 0 Å². The smallest absolute Gasteiger partial charge is 0.181 e. The molecule has 1 N–H and O–H groups in total. The lowest BCUT2D eigenvalue weighted by atomic mass is 10.0. The molecule has 1 atom stereocenters. The molecule has 3 nitrogen and oxygen atoms in total. The monoisotopic (exact) mass is 384 g/mol. The lowest BCUT2D eigenvalue weighted by Gasteiger charge is -2.13. The maximum Gasteiger partial charge on any atom is 0.181 e. The maximum atomic E-state index is 12.7. The number of halogens is 1. The third-order valence-electron chi connectivity index (χ3n) is 3.62. The van der Waals surface area contributed by atoms with Gasteiger partial charge in [0.25, 0.3) is 0 Å². The molecule has 0 saturated heterocycles. The molecule has 4 heteroatoms. The minimum Gasteiger partial charge on any atom is -0.347 e. The largest absolute Gasteiger partial charge is 0.347 e. The molecule has 0 fully saturated rings. The summed E-state index contributed by atoms with van der Waals surface area (Å²) < 4.78 is 3.31. The van der Waals surface area contributed by atoms with Crippen LogP contribution in [0.2, 0.25) is 0 Å². The van der Waals surface area contributed by atoms with Gasteiger partial charge in [0.2, 0.25) is 0 Å². The number of aryl methyl sites for hydroxylation is 1. The van der Waals surface area contributed by atoms with Gasteiger partial charge in [0.15, 0.2) is 5.78 Å². The highest BCUT2D eigenvalue weighted by atomic mass is 127. The third kappa shape index (κ3) is 2.91. The van der Waals surface area contributed by atoms with Gasteiger partial charge in [-0.15, -0.1) is 0 Å². The van der Waals surface area contributed by atoms with Gasteiger partial charge in [-0.25, -0.2) is 0 Å². The summed E-state index contributed by atoms with van der Waals surface area (Å²) in [5, 5.41) is 4.35. The van der Waals surface area contributed by atoms with Crippen molar-refractivity contribution in [2.24, 2.45) is 0 Å². The maximum absolute atomic E-state index is 12.7. The second kappa shape index (κ2) is 6.72. The fourth-order valence-electron chi connectivity index (χ4n) is 2.58. The number of hydrogen-bond acceptors (Lipinski definition) is 2. The number of carbonyl (C=O) groups is 1. The fraction of sp³-hybridized carbons (Fsp3) is 0.438. The molecule has 0 saturated carbocycles. The van der Waals surface area contributed by atoms with E-state index in [0.29, 0.717) is 0 Å². The molecule has 0 bridgehead atoms. The zero-order valence-corrected chi connectivity index (χ0v) is 14.4. The van der Waals surface area contributed by atoms with Crippen molar-refractivity contribution in [2.45, 2.75) is 39.8 Å². The number of hydrogen-bond donors (Lipinski definition) is 1. The van der Waals surface area contributed by atoms with Crippen LogP contribution in [0.25, 0.3) is 10.9 Å². The molecule has 1 unspecified atom stereocenters. The molecule has 0 spiro atoms. The van der Waals surface area contributed by atoms with Gasteiger partial charge in [-0.05, 0) is 60.7 Å². The van der Waals surface area contributed by atoms with Crippen LogP contribution in [-0.2, 0) is 6.54 Å². The average Bonchev–Trinajstić information content (AvgIpc) is 2.81. The van der Waals surface area contributed by atoms with Crippen LogP contribution in [0, 0.1) is 3.57 Å². The normalized spacial score (nSPS) is 12.8. The molecular formula is C16H21IN2O. The van der Waals surface area contributed by atoms with E-state index in [0.717, 1.165) is 39.5 Å². The SMILES string of the molecule is CCNC(CC)C(=O)c1cn(CC)c2ccc(I)cc12. The summed E-state index contributed by atoms with van der Waals surface area (Å²) in [6.07, 6.45) is 2.82. The van der Waals surface area contributed by atoms with Crippen LogP contribution in [0.3, 0.4) is 0 Å². The minimum atomic E-state index is -0.0891. The van der Waals surface area contributed by atoms with Crippen molar-refractivity contribution in [3.05, 3.63) is 33.5 Å². The number of ketones is 1. The van der Waals surface area contributed by atoms with Gasteiger partial charge in [-0.1, -0.05) is 13.8 Å². The predicted octanol–water partition coefficient (Wildman–Crippen LogP) is 3.84. The Morgan fingerprint density at radius 1 is 1.35 bits per heavy atom. The molecule has 0 aliphatic heterocycles. The highest BCUT2D eigenvalue weighted by Crippen LogP contribution is 2.25. The molecule has 0 radical (unpaired) electrons. The quantitative estimate of drug-likeness (QED) is 0.607. The van der Waals surface area contributed by atoms with Crippen molar-refractivity contribution in [3.8, 4) is 0 Å². The van der Waals surface area contributed by atoms with Crippen molar-refractivity contribution >= 4 is 39.3 Å². The molecule has 0 aliphatic rings. The summed E-state index contributed by atoms with van der Waals surface area (Å²) >= 11 is 2.30. The zero-order valence-electron chi connectivity index (χ0n) is 12.2. The Bertz CT molecular complexity index is 618. The number of rotatable bonds is 6. The Labute approximate surface area is 133 Å². The van der Waals surface area contributed by atoms with Gasteiger partial charge in [-0.3, -0.25) is 4.79 Å². The molecule has 1 aromatic heterocycles. The Balaban J connectivity index is 2.53. The van der Waals surface area contributed by atoms with Crippen molar-refractivity contribution in [1.29, 1.82) is 0 Å². The number of aromatic nitrogens is 1. The molecule has 2 rings (SSSR count). The van der Waals surface area contributed by atoms with Gasteiger partial charge in [0, 0.05) is 32.8 Å². The number of Topliss-reactive ketones (excluding diaryl/α,β-unsaturated/α-hetero) is 1. The Morgan fingerprint density at radius 2 is 2.10 bits per heavy atom. The molecular weight excluding hydrogens is 363 g/mol. The van der Waals surface area contributed by atoms with E-state index in [1.807, 2.05) is 20.0 Å². The number of nitrogens with zero attached hydrogens (tertiary/aromatic N) is 1. The van der Waals surface area contributed by atoms with Gasteiger partial charge in [0.1, 0.15) is 0 Å². The van der Waals surface area contributed by atoms with Crippen LogP contribution in [0.5, 0.6) is 0 Å². The van der Waals surface area contributed by atoms with Crippen molar-refractivity contribution < 1.29 is 4.79 Å². The summed E-state index contributed by atoms with van der Waals surface area (Å²) in [5.74, 6) is 0.202. The standard InChI is InChI=1S/C16H21IN2O/c1-4-14(18-5-2)16(20)13-10-19(6-3)15-8-7-11(17)9-12(13)15/h7-10,14,18H,4-6H2,1-3H3. The Morgan fingerprint density at radius 3 is 2.70 bits per heavy atom. The van der Waals surface area contributed by atoms with Gasteiger partial charge >= 0.3 is 0 Å². The number of likely N-dealkylation sites (N-methyl/N-ethyl adjacent to an activating group) is 1. The first-order valence-corrected chi connectivity index (χ1v) is 8.26. The first kappa shape index (κ1) is 15.5. The number of carbonyl (C=O) groups excluding carboxylic acids is 1. The average molecular weight is 384 g/mol. The second-order valence-corrected chi connectivity index (χ2v) is 6.12. The van der Waals surface area contributed by atoms with Crippen molar-refractivity contribution in [3.63, 3.8) is 0 Å². The van der Waals surface area contributed by atoms with E-state index in [-0.39, 0.29) is 11.8 Å².